The molecule has 1 unspecified atom stereocenters. The Hall–Kier alpha value is -3.91. The highest BCUT2D eigenvalue weighted by Gasteiger charge is 2.43. The van der Waals surface area contributed by atoms with Crippen molar-refractivity contribution in [2.45, 2.75) is 19.1 Å². The minimum Gasteiger partial charge on any atom is -0.484 e. The molecular formula is C29H27BrN2O5. The molecule has 3 aromatic carbocycles. The van der Waals surface area contributed by atoms with E-state index in [1.165, 1.54) is 4.90 Å². The first kappa shape index (κ1) is 26.2. The average Bonchev–Trinajstić information content (AvgIpc) is 2.95. The van der Waals surface area contributed by atoms with Crippen LogP contribution in [0.3, 0.4) is 0 Å². The van der Waals surface area contributed by atoms with E-state index in [4.69, 9.17) is 9.47 Å². The number of ether oxygens (including phenoxy) is 2. The number of β-lactam (4-membered cyclic amide) rings is 1. The van der Waals surface area contributed by atoms with Gasteiger partial charge in [-0.05, 0) is 35.8 Å². The number of likely N-dealkylation sites (tertiary alicyclic amines) is 1. The molecule has 0 aromatic heterocycles. The lowest BCUT2D eigenvalue weighted by Gasteiger charge is -2.40. The normalized spacial score (nSPS) is 15.5. The third-order valence-electron chi connectivity index (χ3n) is 5.88. The molecule has 1 heterocycles. The summed E-state index contributed by atoms with van der Waals surface area (Å²) in [5.74, 6) is -0.844. The number of carbonyl (C=O) groups is 3. The second-order valence-electron chi connectivity index (χ2n) is 8.54. The van der Waals surface area contributed by atoms with E-state index in [1.807, 2.05) is 66.7 Å². The van der Waals surface area contributed by atoms with Crippen LogP contribution in [0.4, 0.5) is 0 Å². The van der Waals surface area contributed by atoms with E-state index >= 15 is 0 Å². The summed E-state index contributed by atoms with van der Waals surface area (Å²) in [6, 6.07) is 27.1. The highest BCUT2D eigenvalue weighted by molar-refractivity contribution is 9.09. The number of hydrogen-bond donors (Lipinski definition) is 1. The molecule has 1 fully saturated rings. The molecule has 1 atom stereocenters. The van der Waals surface area contributed by atoms with Crippen LogP contribution < -0.4 is 10.1 Å². The Balaban J connectivity index is 1.44. The number of allylic oxidation sites excluding steroid dienone is 1. The maximum Gasteiger partial charge on any atom is 0.355 e. The fourth-order valence-corrected chi connectivity index (χ4v) is 4.23. The van der Waals surface area contributed by atoms with Gasteiger partial charge in [0.15, 0.2) is 12.7 Å². The van der Waals surface area contributed by atoms with Crippen LogP contribution in [0, 0.1) is 0 Å². The van der Waals surface area contributed by atoms with E-state index in [0.717, 1.165) is 11.1 Å². The largest absolute Gasteiger partial charge is 0.484 e. The number of amides is 2. The number of esters is 1. The summed E-state index contributed by atoms with van der Waals surface area (Å²) < 4.78 is 11.4. The molecular weight excluding hydrogens is 536 g/mol. The van der Waals surface area contributed by atoms with Gasteiger partial charge >= 0.3 is 5.97 Å². The zero-order valence-corrected chi connectivity index (χ0v) is 21.9. The van der Waals surface area contributed by atoms with Crippen molar-refractivity contribution in [3.05, 3.63) is 113 Å². The van der Waals surface area contributed by atoms with E-state index in [2.05, 4.69) is 21.2 Å². The third-order valence-corrected chi connectivity index (χ3v) is 6.72. The number of nitrogens with one attached hydrogen (secondary N) is 1. The molecule has 37 heavy (non-hydrogen) atoms. The van der Waals surface area contributed by atoms with Crippen LogP contribution in [0.2, 0.25) is 0 Å². The van der Waals surface area contributed by atoms with Gasteiger partial charge in [-0.15, -0.1) is 0 Å². The van der Waals surface area contributed by atoms with Crippen molar-refractivity contribution in [2.24, 2.45) is 0 Å². The lowest BCUT2D eigenvalue weighted by Crippen LogP contribution is -2.64. The van der Waals surface area contributed by atoms with Crippen molar-refractivity contribution in [1.29, 1.82) is 0 Å². The van der Waals surface area contributed by atoms with Gasteiger partial charge in [-0.25, -0.2) is 4.79 Å². The zero-order chi connectivity index (χ0) is 26.2. The molecule has 4 rings (SSSR count). The quantitative estimate of drug-likeness (QED) is 0.171. The van der Waals surface area contributed by atoms with Crippen LogP contribution in [0.5, 0.6) is 5.75 Å². The summed E-state index contributed by atoms with van der Waals surface area (Å²) in [4.78, 5) is 40.1. The summed E-state index contributed by atoms with van der Waals surface area (Å²) in [6.07, 6.45) is -0.643. The number of para-hydroxylation sites is 1. The predicted molar refractivity (Wildman–Crippen MR) is 143 cm³/mol. The molecule has 190 valence electrons. The Bertz CT molecular complexity index is 1230. The molecule has 1 saturated heterocycles. The Morgan fingerprint density at radius 2 is 1.49 bits per heavy atom. The van der Waals surface area contributed by atoms with Gasteiger partial charge < -0.3 is 19.7 Å². The molecule has 1 aliphatic heterocycles. The Morgan fingerprint density at radius 1 is 0.946 bits per heavy atom. The number of alkyl halides is 1. The zero-order valence-electron chi connectivity index (χ0n) is 20.3. The summed E-state index contributed by atoms with van der Waals surface area (Å²) in [7, 11) is 0. The first-order valence-corrected chi connectivity index (χ1v) is 12.9. The van der Waals surface area contributed by atoms with Crippen LogP contribution in [0.25, 0.3) is 0 Å². The van der Waals surface area contributed by atoms with E-state index in [1.54, 1.807) is 31.2 Å². The highest BCUT2D eigenvalue weighted by atomic mass is 79.9. The minimum absolute atomic E-state index is 0.159. The summed E-state index contributed by atoms with van der Waals surface area (Å²) in [5.41, 5.74) is 2.45. The van der Waals surface area contributed by atoms with Crippen molar-refractivity contribution in [2.75, 3.05) is 18.5 Å². The van der Waals surface area contributed by atoms with Crippen molar-refractivity contribution in [1.82, 2.24) is 10.2 Å². The first-order valence-electron chi connectivity index (χ1n) is 11.8. The van der Waals surface area contributed by atoms with E-state index in [-0.39, 0.29) is 24.8 Å². The topological polar surface area (TPSA) is 84.9 Å². The first-order chi connectivity index (χ1) is 18.0. The highest BCUT2D eigenvalue weighted by Crippen LogP contribution is 2.30. The average molecular weight is 563 g/mol. The van der Waals surface area contributed by atoms with Crippen LogP contribution in [0.1, 0.15) is 24.2 Å². The number of hydrogen-bond acceptors (Lipinski definition) is 5. The number of nitrogens with zero attached hydrogens (tertiary/aromatic N) is 1. The van der Waals surface area contributed by atoms with Gasteiger partial charge in [0.25, 0.3) is 11.8 Å². The number of rotatable bonds is 10. The fourth-order valence-electron chi connectivity index (χ4n) is 3.96. The molecule has 8 heteroatoms. The smallest absolute Gasteiger partial charge is 0.355 e. The second kappa shape index (κ2) is 12.4. The van der Waals surface area contributed by atoms with E-state index in [9.17, 15) is 14.4 Å². The molecule has 1 N–H and O–H groups in total. The van der Waals surface area contributed by atoms with Gasteiger partial charge in [-0.1, -0.05) is 94.8 Å². The Morgan fingerprint density at radius 3 is 2.00 bits per heavy atom. The third kappa shape index (κ3) is 6.46. The molecule has 1 aliphatic rings. The standard InChI is InChI=1S/C29H27BrN2O5/c1-20(17-30)26(29(35)37-27(21-11-5-2-6-12-21)22-13-7-3-8-14-22)32-18-24(28(32)34)31-25(33)19-36-23-15-9-4-10-16-23/h2-16,24,27H,17-19H2,1H3,(H,31,33)/b26-20-. The van der Waals surface area contributed by atoms with Crippen LogP contribution in [-0.2, 0) is 19.1 Å². The maximum atomic E-state index is 13.5. The van der Waals surface area contributed by atoms with Gasteiger partial charge in [-0.2, -0.15) is 0 Å². The molecule has 0 radical (unpaired) electrons. The lowest BCUT2D eigenvalue weighted by atomic mass is 10.0. The van der Waals surface area contributed by atoms with Gasteiger partial charge in [0.2, 0.25) is 0 Å². The SMILES string of the molecule is C/C(CBr)=C(\C(=O)OC(c1ccccc1)c1ccccc1)N1CC(NC(=O)COc2ccccc2)C1=O. The Kier molecular flexibility index (Phi) is 8.74. The summed E-state index contributed by atoms with van der Waals surface area (Å²) in [5, 5.41) is 3.05. The van der Waals surface area contributed by atoms with Crippen molar-refractivity contribution < 1.29 is 23.9 Å². The monoisotopic (exact) mass is 562 g/mol. The van der Waals surface area contributed by atoms with Crippen molar-refractivity contribution >= 4 is 33.7 Å². The van der Waals surface area contributed by atoms with E-state index < -0.39 is 24.0 Å². The second-order valence-corrected chi connectivity index (χ2v) is 9.10. The molecule has 3 aromatic rings. The lowest BCUT2D eigenvalue weighted by molar-refractivity contribution is -0.153. The molecule has 0 spiro atoms. The summed E-state index contributed by atoms with van der Waals surface area (Å²) in [6.45, 7) is 1.71. The molecule has 0 aliphatic carbocycles. The maximum absolute atomic E-state index is 13.5. The number of halogens is 1. The predicted octanol–water partition coefficient (Wildman–Crippen LogP) is 4.39. The van der Waals surface area contributed by atoms with Gasteiger partial charge in [0.1, 0.15) is 17.5 Å². The molecule has 2 amide bonds. The Labute approximate surface area is 224 Å². The number of benzene rings is 3. The van der Waals surface area contributed by atoms with Crippen molar-refractivity contribution in [3.8, 4) is 5.75 Å². The summed E-state index contributed by atoms with van der Waals surface area (Å²) >= 11 is 3.39. The van der Waals surface area contributed by atoms with Gasteiger partial charge in [-0.3, -0.25) is 9.59 Å². The minimum atomic E-state index is -0.739. The van der Waals surface area contributed by atoms with Gasteiger partial charge in [0, 0.05) is 5.33 Å². The van der Waals surface area contributed by atoms with Gasteiger partial charge in [0.05, 0.1) is 6.54 Å². The molecule has 0 bridgehead atoms. The van der Waals surface area contributed by atoms with Crippen molar-refractivity contribution in [3.63, 3.8) is 0 Å². The molecule has 0 saturated carbocycles. The molecule has 7 nitrogen and oxygen atoms in total. The number of carbonyl (C=O) groups excluding carboxylic acids is 3. The van der Waals surface area contributed by atoms with Crippen LogP contribution >= 0.6 is 15.9 Å². The fraction of sp³-hybridized carbons (Fsp3) is 0.207. The van der Waals surface area contributed by atoms with E-state index in [0.29, 0.717) is 16.7 Å². The van der Waals surface area contributed by atoms with Crippen LogP contribution in [-0.4, -0.2) is 47.2 Å². The van der Waals surface area contributed by atoms with Crippen LogP contribution in [0.15, 0.2) is 102 Å².